The second-order valence-electron chi connectivity index (χ2n) is 4.38. The normalized spacial score (nSPS) is 22.2. The standard InChI is InChI=1S/C13H16N2O3/c1-3-10-11(4-2)18-13(14-12(10)17)5-7-15(9-16)8-6-13/h3-4,9H,1-2,5-8H2,(H,14,17). The lowest BCUT2D eigenvalue weighted by Crippen LogP contribution is -2.59. The average Bonchev–Trinajstić information content (AvgIpc) is 2.39. The van der Waals surface area contributed by atoms with Crippen molar-refractivity contribution >= 4 is 12.3 Å². The molecule has 0 aromatic carbocycles. The molecule has 0 aromatic heterocycles. The Labute approximate surface area is 106 Å². The number of hydrogen-bond donors (Lipinski definition) is 1. The second kappa shape index (κ2) is 4.68. The van der Waals surface area contributed by atoms with Crippen molar-refractivity contribution in [3.63, 3.8) is 0 Å². The van der Waals surface area contributed by atoms with Crippen molar-refractivity contribution in [2.24, 2.45) is 0 Å². The molecular weight excluding hydrogens is 232 g/mol. The van der Waals surface area contributed by atoms with Gasteiger partial charge >= 0.3 is 0 Å². The Morgan fingerprint density at radius 1 is 1.28 bits per heavy atom. The van der Waals surface area contributed by atoms with Gasteiger partial charge in [-0.25, -0.2) is 0 Å². The van der Waals surface area contributed by atoms with Gasteiger partial charge in [-0.3, -0.25) is 9.59 Å². The van der Waals surface area contributed by atoms with Gasteiger partial charge in [-0.15, -0.1) is 0 Å². The van der Waals surface area contributed by atoms with Gasteiger partial charge in [-0.1, -0.05) is 19.2 Å². The van der Waals surface area contributed by atoms with E-state index in [4.69, 9.17) is 4.74 Å². The fourth-order valence-electron chi connectivity index (χ4n) is 2.24. The molecule has 1 N–H and O–H groups in total. The molecule has 0 atom stereocenters. The third kappa shape index (κ3) is 2.03. The fraction of sp³-hybridized carbons (Fsp3) is 0.385. The highest BCUT2D eigenvalue weighted by molar-refractivity contribution is 5.98. The Kier molecular flexibility index (Phi) is 3.23. The number of carbonyl (C=O) groups excluding carboxylic acids is 2. The highest BCUT2D eigenvalue weighted by Gasteiger charge is 2.42. The molecule has 96 valence electrons. The number of hydrogen-bond acceptors (Lipinski definition) is 3. The summed E-state index contributed by atoms with van der Waals surface area (Å²) in [6, 6.07) is 0. The van der Waals surface area contributed by atoms with Crippen LogP contribution in [0.4, 0.5) is 0 Å². The van der Waals surface area contributed by atoms with E-state index < -0.39 is 5.72 Å². The van der Waals surface area contributed by atoms with Crippen LogP contribution in [0.3, 0.4) is 0 Å². The number of nitrogens with zero attached hydrogens (tertiary/aromatic N) is 1. The van der Waals surface area contributed by atoms with Gasteiger partial charge < -0.3 is 15.0 Å². The first-order valence-corrected chi connectivity index (χ1v) is 5.84. The minimum Gasteiger partial charge on any atom is -0.467 e. The van der Waals surface area contributed by atoms with E-state index in [-0.39, 0.29) is 5.91 Å². The van der Waals surface area contributed by atoms with Crippen molar-refractivity contribution in [3.05, 3.63) is 36.6 Å². The maximum absolute atomic E-state index is 12.0. The molecule has 2 aliphatic heterocycles. The van der Waals surface area contributed by atoms with Crippen LogP contribution >= 0.6 is 0 Å². The molecule has 18 heavy (non-hydrogen) atoms. The van der Waals surface area contributed by atoms with Gasteiger partial charge in [-0.2, -0.15) is 0 Å². The highest BCUT2D eigenvalue weighted by atomic mass is 16.5. The van der Waals surface area contributed by atoms with Crippen molar-refractivity contribution < 1.29 is 14.3 Å². The predicted octanol–water partition coefficient (Wildman–Crippen LogP) is 0.707. The summed E-state index contributed by atoms with van der Waals surface area (Å²) in [4.78, 5) is 24.3. The number of piperidine rings is 1. The number of ether oxygens (including phenoxy) is 1. The van der Waals surface area contributed by atoms with Crippen LogP contribution in [0.15, 0.2) is 36.6 Å². The molecule has 0 aliphatic carbocycles. The topological polar surface area (TPSA) is 58.6 Å². The molecular formula is C13H16N2O3. The van der Waals surface area contributed by atoms with Gasteiger partial charge in [0.1, 0.15) is 5.76 Å². The third-order valence-electron chi connectivity index (χ3n) is 3.30. The lowest BCUT2D eigenvalue weighted by atomic mass is 9.97. The van der Waals surface area contributed by atoms with Crippen LogP contribution in [0.25, 0.3) is 0 Å². The maximum Gasteiger partial charge on any atom is 0.258 e. The third-order valence-corrected chi connectivity index (χ3v) is 3.30. The molecule has 2 rings (SSSR count). The van der Waals surface area contributed by atoms with Gasteiger partial charge in [-0.05, 0) is 6.08 Å². The van der Waals surface area contributed by atoms with Gasteiger partial charge in [0.15, 0.2) is 5.72 Å². The molecule has 5 heteroatoms. The van der Waals surface area contributed by atoms with Crippen LogP contribution in [0.5, 0.6) is 0 Å². The van der Waals surface area contributed by atoms with E-state index in [0.29, 0.717) is 37.3 Å². The van der Waals surface area contributed by atoms with E-state index in [1.165, 1.54) is 12.2 Å². The molecule has 0 aromatic rings. The summed E-state index contributed by atoms with van der Waals surface area (Å²) in [5.41, 5.74) is -0.319. The van der Waals surface area contributed by atoms with Crippen molar-refractivity contribution in [2.75, 3.05) is 13.1 Å². The molecule has 2 amide bonds. The average molecular weight is 248 g/mol. The maximum atomic E-state index is 12.0. The van der Waals surface area contributed by atoms with E-state index in [1.54, 1.807) is 4.90 Å². The number of likely N-dealkylation sites (tertiary alicyclic amines) is 1. The minimum atomic E-state index is -0.716. The van der Waals surface area contributed by atoms with Gasteiger partial charge in [0.05, 0.1) is 5.57 Å². The van der Waals surface area contributed by atoms with Crippen LogP contribution in [-0.2, 0) is 14.3 Å². The monoisotopic (exact) mass is 248 g/mol. The zero-order valence-electron chi connectivity index (χ0n) is 10.1. The number of amides is 2. The number of rotatable bonds is 3. The Morgan fingerprint density at radius 3 is 2.44 bits per heavy atom. The van der Waals surface area contributed by atoms with Crippen molar-refractivity contribution in [1.82, 2.24) is 10.2 Å². The van der Waals surface area contributed by atoms with Crippen molar-refractivity contribution in [2.45, 2.75) is 18.6 Å². The molecule has 2 aliphatic rings. The van der Waals surface area contributed by atoms with Gasteiger partial charge in [0.25, 0.3) is 5.91 Å². The van der Waals surface area contributed by atoms with Gasteiger partial charge in [0.2, 0.25) is 6.41 Å². The summed E-state index contributed by atoms with van der Waals surface area (Å²) in [5.74, 6) is 0.249. The number of nitrogens with one attached hydrogen (secondary N) is 1. The first kappa shape index (κ1) is 12.4. The smallest absolute Gasteiger partial charge is 0.258 e. The van der Waals surface area contributed by atoms with E-state index in [9.17, 15) is 9.59 Å². The lowest BCUT2D eigenvalue weighted by Gasteiger charge is -2.43. The summed E-state index contributed by atoms with van der Waals surface area (Å²) in [6.45, 7) is 8.37. The minimum absolute atomic E-state index is 0.203. The molecule has 0 radical (unpaired) electrons. The van der Waals surface area contributed by atoms with E-state index in [1.807, 2.05) is 0 Å². The largest absolute Gasteiger partial charge is 0.467 e. The Balaban J connectivity index is 2.22. The quantitative estimate of drug-likeness (QED) is 0.748. The summed E-state index contributed by atoms with van der Waals surface area (Å²) in [5, 5.41) is 2.86. The summed E-state index contributed by atoms with van der Waals surface area (Å²) in [7, 11) is 0. The molecule has 1 saturated heterocycles. The first-order valence-electron chi connectivity index (χ1n) is 5.84. The van der Waals surface area contributed by atoms with Crippen LogP contribution < -0.4 is 5.32 Å². The van der Waals surface area contributed by atoms with Crippen molar-refractivity contribution in [1.29, 1.82) is 0 Å². The molecule has 1 fully saturated rings. The first-order chi connectivity index (χ1) is 8.64. The van der Waals surface area contributed by atoms with E-state index in [0.717, 1.165) is 6.41 Å². The van der Waals surface area contributed by atoms with Crippen molar-refractivity contribution in [3.8, 4) is 0 Å². The molecule has 5 nitrogen and oxygen atoms in total. The van der Waals surface area contributed by atoms with Gasteiger partial charge in [0, 0.05) is 25.9 Å². The molecule has 0 saturated carbocycles. The molecule has 0 bridgehead atoms. The Morgan fingerprint density at radius 2 is 1.94 bits per heavy atom. The van der Waals surface area contributed by atoms with E-state index >= 15 is 0 Å². The molecule has 0 unspecified atom stereocenters. The molecule has 1 spiro atoms. The fourth-order valence-corrected chi connectivity index (χ4v) is 2.24. The number of allylic oxidation sites excluding steroid dienone is 1. The van der Waals surface area contributed by atoms with E-state index in [2.05, 4.69) is 18.5 Å². The van der Waals surface area contributed by atoms with Crippen LogP contribution in [0, 0.1) is 0 Å². The van der Waals surface area contributed by atoms with Crippen LogP contribution in [-0.4, -0.2) is 36.0 Å². The molecule has 2 heterocycles. The summed E-state index contributed by atoms with van der Waals surface area (Å²) in [6.07, 6.45) is 4.93. The van der Waals surface area contributed by atoms with Crippen LogP contribution in [0.1, 0.15) is 12.8 Å². The summed E-state index contributed by atoms with van der Waals surface area (Å²) < 4.78 is 5.85. The lowest BCUT2D eigenvalue weighted by molar-refractivity contribution is -0.138. The predicted molar refractivity (Wildman–Crippen MR) is 66.2 cm³/mol. The summed E-state index contributed by atoms with van der Waals surface area (Å²) >= 11 is 0. The SMILES string of the molecule is C=CC1=C(C=C)C(=O)NC2(CCN(C=O)CC2)O1. The highest BCUT2D eigenvalue weighted by Crippen LogP contribution is 2.31. The van der Waals surface area contributed by atoms with Crippen LogP contribution in [0.2, 0.25) is 0 Å². The zero-order chi connectivity index (χ0) is 13.2. The zero-order valence-corrected chi connectivity index (χ0v) is 10.1. The Hall–Kier alpha value is -2.04. The Bertz CT molecular complexity index is 432. The second-order valence-corrected chi connectivity index (χ2v) is 4.38. The number of carbonyl (C=O) groups is 2.